The highest BCUT2D eigenvalue weighted by Crippen LogP contribution is 2.29. The summed E-state index contributed by atoms with van der Waals surface area (Å²) >= 11 is 0. The molecule has 8 heteroatoms. The first-order chi connectivity index (χ1) is 11.3. The topological polar surface area (TPSA) is 58.6 Å². The number of nitrogens with one attached hydrogen (secondary N) is 1. The van der Waals surface area contributed by atoms with Crippen molar-refractivity contribution in [3.05, 3.63) is 35.4 Å². The van der Waals surface area contributed by atoms with Crippen molar-refractivity contribution in [2.24, 2.45) is 0 Å². The van der Waals surface area contributed by atoms with E-state index >= 15 is 0 Å². The smallest absolute Gasteiger partial charge is 0.373 e. The molecule has 0 aliphatic carbocycles. The zero-order valence-electron chi connectivity index (χ0n) is 13.2. The van der Waals surface area contributed by atoms with E-state index in [2.05, 4.69) is 5.32 Å². The first kappa shape index (κ1) is 18.3. The molecule has 1 N–H and O–H groups in total. The van der Waals surface area contributed by atoms with Gasteiger partial charge >= 0.3 is 6.18 Å². The van der Waals surface area contributed by atoms with Crippen molar-refractivity contribution in [2.45, 2.75) is 25.6 Å². The summed E-state index contributed by atoms with van der Waals surface area (Å²) in [5.41, 5.74) is -0.248. The Morgan fingerprint density at radius 3 is 2.54 bits per heavy atom. The summed E-state index contributed by atoms with van der Waals surface area (Å²) in [5, 5.41) is 2.68. The number of ether oxygens (including phenoxy) is 1. The van der Waals surface area contributed by atoms with Gasteiger partial charge in [0, 0.05) is 26.6 Å². The molecule has 1 atom stereocenters. The molecule has 1 aromatic rings. The van der Waals surface area contributed by atoms with Crippen LogP contribution >= 0.6 is 0 Å². The molecule has 1 aliphatic rings. The standard InChI is InChI=1S/C16H19F3N2O3/c1-11(22)21-6-7-24-14(10-21)9-20-15(23)8-12-2-4-13(5-3-12)16(17,18)19/h2-5,14H,6-10H2,1H3,(H,20,23). The van der Waals surface area contributed by atoms with E-state index in [1.165, 1.54) is 19.1 Å². The SMILES string of the molecule is CC(=O)N1CCOC(CNC(=O)Cc2ccc(C(F)(F)F)cc2)C1. The van der Waals surface area contributed by atoms with E-state index in [1.54, 1.807) is 4.90 Å². The molecule has 24 heavy (non-hydrogen) atoms. The van der Waals surface area contributed by atoms with E-state index in [9.17, 15) is 22.8 Å². The summed E-state index contributed by atoms with van der Waals surface area (Å²) in [5.74, 6) is -0.349. The van der Waals surface area contributed by atoms with Crippen LogP contribution in [0, 0.1) is 0 Å². The average Bonchev–Trinajstić information content (AvgIpc) is 2.53. The zero-order valence-corrected chi connectivity index (χ0v) is 13.2. The van der Waals surface area contributed by atoms with Crippen LogP contribution in [0.1, 0.15) is 18.1 Å². The Kier molecular flexibility index (Phi) is 5.82. The Balaban J connectivity index is 1.80. The fourth-order valence-electron chi connectivity index (χ4n) is 2.42. The van der Waals surface area contributed by atoms with Crippen molar-refractivity contribution in [2.75, 3.05) is 26.2 Å². The van der Waals surface area contributed by atoms with Crippen LogP contribution in [-0.4, -0.2) is 49.1 Å². The molecule has 0 saturated carbocycles. The summed E-state index contributed by atoms with van der Waals surface area (Å²) in [6.45, 7) is 3.09. The molecule has 2 rings (SSSR count). The third-order valence-corrected chi connectivity index (χ3v) is 3.76. The number of halogens is 3. The minimum absolute atomic E-state index is 0.0126. The Morgan fingerprint density at radius 2 is 1.96 bits per heavy atom. The fourth-order valence-corrected chi connectivity index (χ4v) is 2.42. The molecular formula is C16H19F3N2O3. The van der Waals surface area contributed by atoms with Crippen molar-refractivity contribution < 1.29 is 27.5 Å². The number of hydrogen-bond donors (Lipinski definition) is 1. The third kappa shape index (κ3) is 5.23. The lowest BCUT2D eigenvalue weighted by atomic mass is 10.1. The number of alkyl halides is 3. The van der Waals surface area contributed by atoms with Crippen LogP contribution in [0.25, 0.3) is 0 Å². The average molecular weight is 344 g/mol. The fraction of sp³-hybridized carbons (Fsp3) is 0.500. The van der Waals surface area contributed by atoms with Gasteiger partial charge in [0.15, 0.2) is 0 Å². The number of carbonyl (C=O) groups excluding carboxylic acids is 2. The molecule has 1 aromatic carbocycles. The van der Waals surface area contributed by atoms with Crippen LogP contribution in [0.3, 0.4) is 0 Å². The van der Waals surface area contributed by atoms with Crippen LogP contribution in [-0.2, 0) is 26.9 Å². The van der Waals surface area contributed by atoms with Gasteiger partial charge in [-0.25, -0.2) is 0 Å². The number of rotatable bonds is 4. The molecule has 1 fully saturated rings. The van der Waals surface area contributed by atoms with E-state index in [0.717, 1.165) is 12.1 Å². The molecule has 2 amide bonds. The maximum absolute atomic E-state index is 12.5. The van der Waals surface area contributed by atoms with E-state index in [1.807, 2.05) is 0 Å². The number of morpholine rings is 1. The Labute approximate surface area is 137 Å². The van der Waals surface area contributed by atoms with Gasteiger partial charge in [0.1, 0.15) is 0 Å². The molecule has 5 nitrogen and oxygen atoms in total. The summed E-state index contributed by atoms with van der Waals surface area (Å²) in [6.07, 6.45) is -4.68. The van der Waals surface area contributed by atoms with Gasteiger partial charge in [0.05, 0.1) is 24.7 Å². The number of amides is 2. The third-order valence-electron chi connectivity index (χ3n) is 3.76. The summed E-state index contributed by atoms with van der Waals surface area (Å²) in [6, 6.07) is 4.49. The molecule has 0 aromatic heterocycles. The van der Waals surface area contributed by atoms with Gasteiger partial charge < -0.3 is 15.0 Å². The van der Waals surface area contributed by atoms with E-state index < -0.39 is 11.7 Å². The summed E-state index contributed by atoms with van der Waals surface area (Å²) in [4.78, 5) is 24.9. The molecule has 132 valence electrons. The molecule has 1 aliphatic heterocycles. The first-order valence-electron chi connectivity index (χ1n) is 7.55. The second kappa shape index (κ2) is 7.65. The van der Waals surface area contributed by atoms with Crippen molar-refractivity contribution in [3.8, 4) is 0 Å². The van der Waals surface area contributed by atoms with Gasteiger partial charge in [0.25, 0.3) is 0 Å². The second-order valence-corrected chi connectivity index (χ2v) is 5.63. The van der Waals surface area contributed by atoms with E-state index in [-0.39, 0.29) is 30.9 Å². The minimum Gasteiger partial charge on any atom is -0.373 e. The lowest BCUT2D eigenvalue weighted by molar-refractivity contribution is -0.138. The predicted molar refractivity (Wildman–Crippen MR) is 80.2 cm³/mol. The lowest BCUT2D eigenvalue weighted by Crippen LogP contribution is -2.49. The van der Waals surface area contributed by atoms with Gasteiger partial charge in [-0.1, -0.05) is 12.1 Å². The molecule has 1 unspecified atom stereocenters. The van der Waals surface area contributed by atoms with Gasteiger partial charge in [-0.15, -0.1) is 0 Å². The molecule has 1 heterocycles. The second-order valence-electron chi connectivity index (χ2n) is 5.63. The van der Waals surface area contributed by atoms with Crippen molar-refractivity contribution in [1.82, 2.24) is 10.2 Å². The van der Waals surface area contributed by atoms with Gasteiger partial charge in [0.2, 0.25) is 11.8 Å². The first-order valence-corrected chi connectivity index (χ1v) is 7.55. The van der Waals surface area contributed by atoms with Gasteiger partial charge in [-0.05, 0) is 17.7 Å². The number of carbonyl (C=O) groups is 2. The maximum atomic E-state index is 12.5. The highest BCUT2D eigenvalue weighted by molar-refractivity contribution is 5.78. The molecule has 0 bridgehead atoms. The van der Waals surface area contributed by atoms with E-state index in [4.69, 9.17) is 4.74 Å². The van der Waals surface area contributed by atoms with Gasteiger partial charge in [-0.3, -0.25) is 9.59 Å². The summed E-state index contributed by atoms with van der Waals surface area (Å²) < 4.78 is 42.9. The largest absolute Gasteiger partial charge is 0.416 e. The molecule has 0 spiro atoms. The predicted octanol–water partition coefficient (Wildman–Crippen LogP) is 1.61. The number of nitrogens with zero attached hydrogens (tertiary/aromatic N) is 1. The highest BCUT2D eigenvalue weighted by Gasteiger charge is 2.30. The van der Waals surface area contributed by atoms with Crippen LogP contribution in [0.2, 0.25) is 0 Å². The zero-order chi connectivity index (χ0) is 17.7. The van der Waals surface area contributed by atoms with Crippen LogP contribution in [0.5, 0.6) is 0 Å². The Hall–Kier alpha value is -2.09. The maximum Gasteiger partial charge on any atom is 0.416 e. The molecular weight excluding hydrogens is 325 g/mol. The van der Waals surface area contributed by atoms with E-state index in [0.29, 0.717) is 25.3 Å². The van der Waals surface area contributed by atoms with Gasteiger partial charge in [-0.2, -0.15) is 13.2 Å². The van der Waals surface area contributed by atoms with Crippen LogP contribution in [0.15, 0.2) is 24.3 Å². The molecule has 0 radical (unpaired) electrons. The van der Waals surface area contributed by atoms with Crippen molar-refractivity contribution in [1.29, 1.82) is 0 Å². The highest BCUT2D eigenvalue weighted by atomic mass is 19.4. The van der Waals surface area contributed by atoms with Crippen molar-refractivity contribution >= 4 is 11.8 Å². The van der Waals surface area contributed by atoms with Crippen LogP contribution < -0.4 is 5.32 Å². The van der Waals surface area contributed by atoms with Crippen LogP contribution in [0.4, 0.5) is 13.2 Å². The normalized spacial score (nSPS) is 18.3. The molecule has 1 saturated heterocycles. The number of hydrogen-bond acceptors (Lipinski definition) is 3. The Morgan fingerprint density at radius 1 is 1.29 bits per heavy atom. The van der Waals surface area contributed by atoms with Crippen molar-refractivity contribution in [3.63, 3.8) is 0 Å². The Bertz CT molecular complexity index is 587. The quantitative estimate of drug-likeness (QED) is 0.903. The summed E-state index contributed by atoms with van der Waals surface area (Å²) in [7, 11) is 0. The number of benzene rings is 1. The monoisotopic (exact) mass is 344 g/mol. The minimum atomic E-state index is -4.39. The lowest BCUT2D eigenvalue weighted by Gasteiger charge is -2.32.